The summed E-state index contributed by atoms with van der Waals surface area (Å²) in [7, 11) is 0. The van der Waals surface area contributed by atoms with Gasteiger partial charge in [0.1, 0.15) is 18.2 Å². The van der Waals surface area contributed by atoms with E-state index in [2.05, 4.69) is 5.32 Å². The van der Waals surface area contributed by atoms with Crippen LogP contribution in [-0.4, -0.2) is 6.54 Å². The Hall–Kier alpha value is -1.58. The predicted molar refractivity (Wildman–Crippen MR) is 84.3 cm³/mol. The first-order valence-electron chi connectivity index (χ1n) is 6.97. The van der Waals surface area contributed by atoms with E-state index in [1.165, 1.54) is 6.07 Å². The molecule has 1 N–H and O–H groups in total. The Kier molecular flexibility index (Phi) is 5.59. The minimum absolute atomic E-state index is 0.187. The molecule has 0 aliphatic carbocycles. The van der Waals surface area contributed by atoms with E-state index in [1.54, 1.807) is 18.2 Å². The lowest BCUT2D eigenvalue weighted by Crippen LogP contribution is -2.12. The van der Waals surface area contributed by atoms with Crippen molar-refractivity contribution in [2.45, 2.75) is 27.0 Å². The van der Waals surface area contributed by atoms with E-state index in [4.69, 9.17) is 16.3 Å². The Morgan fingerprint density at radius 3 is 2.76 bits per heavy atom. The van der Waals surface area contributed by atoms with Gasteiger partial charge in [0.05, 0.1) is 0 Å². The number of aryl methyl sites for hydroxylation is 1. The van der Waals surface area contributed by atoms with Crippen molar-refractivity contribution < 1.29 is 9.13 Å². The molecule has 0 heterocycles. The van der Waals surface area contributed by atoms with E-state index in [0.29, 0.717) is 16.3 Å². The second-order valence-corrected chi connectivity index (χ2v) is 5.34. The zero-order chi connectivity index (χ0) is 15.2. The molecular formula is C17H19ClFNO. The van der Waals surface area contributed by atoms with Gasteiger partial charge in [-0.05, 0) is 48.9 Å². The number of rotatable bonds is 6. The van der Waals surface area contributed by atoms with Crippen molar-refractivity contribution in [2.75, 3.05) is 6.54 Å². The molecule has 4 heteroatoms. The van der Waals surface area contributed by atoms with Crippen LogP contribution in [0.4, 0.5) is 4.39 Å². The molecule has 2 aromatic rings. The first-order chi connectivity index (χ1) is 10.1. The van der Waals surface area contributed by atoms with Gasteiger partial charge < -0.3 is 10.1 Å². The highest BCUT2D eigenvalue weighted by Crippen LogP contribution is 2.24. The van der Waals surface area contributed by atoms with Crippen molar-refractivity contribution >= 4 is 11.6 Å². The lowest BCUT2D eigenvalue weighted by atomic mass is 10.1. The molecule has 2 nitrogen and oxygen atoms in total. The smallest absolute Gasteiger partial charge is 0.129 e. The van der Waals surface area contributed by atoms with Crippen LogP contribution < -0.4 is 10.1 Å². The molecule has 21 heavy (non-hydrogen) atoms. The molecule has 0 amide bonds. The summed E-state index contributed by atoms with van der Waals surface area (Å²) < 4.78 is 19.5. The molecule has 0 bridgehead atoms. The highest BCUT2D eigenvalue weighted by atomic mass is 35.5. The van der Waals surface area contributed by atoms with Gasteiger partial charge in [0.25, 0.3) is 0 Å². The van der Waals surface area contributed by atoms with Gasteiger partial charge in [-0.3, -0.25) is 0 Å². The van der Waals surface area contributed by atoms with Crippen LogP contribution in [0.25, 0.3) is 0 Å². The monoisotopic (exact) mass is 307 g/mol. The number of ether oxygens (including phenoxy) is 1. The molecule has 0 aliphatic heterocycles. The van der Waals surface area contributed by atoms with Gasteiger partial charge in [0, 0.05) is 17.1 Å². The lowest BCUT2D eigenvalue weighted by Gasteiger charge is -2.11. The van der Waals surface area contributed by atoms with Crippen LogP contribution >= 0.6 is 11.6 Å². The van der Waals surface area contributed by atoms with Gasteiger partial charge in [-0.25, -0.2) is 4.39 Å². The fourth-order valence-electron chi connectivity index (χ4n) is 2.00. The number of hydrogen-bond acceptors (Lipinski definition) is 2. The van der Waals surface area contributed by atoms with Crippen LogP contribution in [-0.2, 0) is 13.2 Å². The van der Waals surface area contributed by atoms with Crippen molar-refractivity contribution in [3.63, 3.8) is 0 Å². The molecule has 0 atom stereocenters. The van der Waals surface area contributed by atoms with E-state index >= 15 is 0 Å². The summed E-state index contributed by atoms with van der Waals surface area (Å²) in [6, 6.07) is 10.5. The van der Waals surface area contributed by atoms with Crippen LogP contribution in [0.5, 0.6) is 5.75 Å². The SMILES string of the molecule is CCNCc1ccc(F)c(COc2cc(Cl)ccc2C)c1. The molecule has 0 radical (unpaired) electrons. The van der Waals surface area contributed by atoms with Crippen molar-refractivity contribution in [2.24, 2.45) is 0 Å². The molecule has 0 fully saturated rings. The number of nitrogens with one attached hydrogen (secondary N) is 1. The van der Waals surface area contributed by atoms with E-state index in [9.17, 15) is 4.39 Å². The number of benzene rings is 2. The predicted octanol–water partition coefficient (Wildman–Crippen LogP) is 4.48. The second kappa shape index (κ2) is 7.43. The summed E-state index contributed by atoms with van der Waals surface area (Å²) in [6.07, 6.45) is 0. The average Bonchev–Trinajstić information content (AvgIpc) is 2.48. The maximum atomic E-state index is 13.8. The van der Waals surface area contributed by atoms with Gasteiger partial charge >= 0.3 is 0 Å². The third kappa shape index (κ3) is 4.45. The fraction of sp³-hybridized carbons (Fsp3) is 0.294. The summed E-state index contributed by atoms with van der Waals surface area (Å²) in [6.45, 7) is 5.76. The van der Waals surface area contributed by atoms with Gasteiger partial charge in [-0.15, -0.1) is 0 Å². The molecule has 0 spiro atoms. The Morgan fingerprint density at radius 1 is 1.19 bits per heavy atom. The van der Waals surface area contributed by atoms with Crippen LogP contribution in [0, 0.1) is 12.7 Å². The zero-order valence-corrected chi connectivity index (χ0v) is 13.0. The summed E-state index contributed by atoms with van der Waals surface area (Å²) in [5.74, 6) is 0.425. The van der Waals surface area contributed by atoms with E-state index < -0.39 is 0 Å². The van der Waals surface area contributed by atoms with Crippen LogP contribution in [0.3, 0.4) is 0 Å². The normalized spacial score (nSPS) is 10.7. The number of halogens is 2. The lowest BCUT2D eigenvalue weighted by molar-refractivity contribution is 0.297. The molecule has 112 valence electrons. The Balaban J connectivity index is 2.10. The Morgan fingerprint density at radius 2 is 2.00 bits per heavy atom. The first-order valence-corrected chi connectivity index (χ1v) is 7.35. The molecule has 0 aromatic heterocycles. The quantitative estimate of drug-likeness (QED) is 0.850. The standard InChI is InChI=1S/C17H19ClFNO/c1-3-20-10-13-5-7-16(19)14(8-13)11-21-17-9-15(18)6-4-12(17)2/h4-9,20H,3,10-11H2,1-2H3. The third-order valence-corrected chi connectivity index (χ3v) is 3.46. The maximum Gasteiger partial charge on any atom is 0.129 e. The number of hydrogen-bond donors (Lipinski definition) is 1. The minimum atomic E-state index is -0.255. The van der Waals surface area contributed by atoms with E-state index in [-0.39, 0.29) is 12.4 Å². The fourth-order valence-corrected chi connectivity index (χ4v) is 2.17. The molecule has 0 saturated heterocycles. The molecule has 2 aromatic carbocycles. The summed E-state index contributed by atoms with van der Waals surface area (Å²) in [5.41, 5.74) is 2.56. The van der Waals surface area contributed by atoms with E-state index in [1.807, 2.05) is 26.0 Å². The van der Waals surface area contributed by atoms with Gasteiger partial charge in [0.2, 0.25) is 0 Å². The first kappa shape index (κ1) is 15.8. The maximum absolute atomic E-state index is 13.8. The zero-order valence-electron chi connectivity index (χ0n) is 12.2. The van der Waals surface area contributed by atoms with Crippen molar-refractivity contribution in [3.05, 3.63) is 63.9 Å². The van der Waals surface area contributed by atoms with E-state index in [0.717, 1.165) is 24.2 Å². The van der Waals surface area contributed by atoms with Crippen molar-refractivity contribution in [1.82, 2.24) is 5.32 Å². The van der Waals surface area contributed by atoms with Gasteiger partial charge in [-0.2, -0.15) is 0 Å². The topological polar surface area (TPSA) is 21.3 Å². The largest absolute Gasteiger partial charge is 0.488 e. The summed E-state index contributed by atoms with van der Waals surface area (Å²) in [4.78, 5) is 0. The Bertz CT molecular complexity index is 616. The molecule has 0 aliphatic rings. The average molecular weight is 308 g/mol. The summed E-state index contributed by atoms with van der Waals surface area (Å²) in [5, 5.41) is 3.83. The molecule has 0 unspecified atom stereocenters. The molecule has 0 saturated carbocycles. The highest BCUT2D eigenvalue weighted by molar-refractivity contribution is 6.30. The third-order valence-electron chi connectivity index (χ3n) is 3.22. The van der Waals surface area contributed by atoms with Crippen LogP contribution in [0.15, 0.2) is 36.4 Å². The highest BCUT2D eigenvalue weighted by Gasteiger charge is 2.07. The van der Waals surface area contributed by atoms with Crippen LogP contribution in [0.2, 0.25) is 5.02 Å². The van der Waals surface area contributed by atoms with Gasteiger partial charge in [-0.1, -0.05) is 30.7 Å². The molecule has 2 rings (SSSR count). The molecular weight excluding hydrogens is 289 g/mol. The Labute approximate surface area is 129 Å². The van der Waals surface area contributed by atoms with Crippen molar-refractivity contribution in [1.29, 1.82) is 0 Å². The minimum Gasteiger partial charge on any atom is -0.488 e. The van der Waals surface area contributed by atoms with Crippen molar-refractivity contribution in [3.8, 4) is 5.75 Å². The summed E-state index contributed by atoms with van der Waals surface area (Å²) >= 11 is 5.95. The van der Waals surface area contributed by atoms with Crippen LogP contribution in [0.1, 0.15) is 23.6 Å². The van der Waals surface area contributed by atoms with Gasteiger partial charge in [0.15, 0.2) is 0 Å². The second-order valence-electron chi connectivity index (χ2n) is 4.90.